The van der Waals surface area contributed by atoms with Gasteiger partial charge in [0.25, 0.3) is 0 Å². The fourth-order valence-electron chi connectivity index (χ4n) is 9.14. The van der Waals surface area contributed by atoms with Crippen LogP contribution in [0.15, 0.2) is 206 Å². The van der Waals surface area contributed by atoms with E-state index in [2.05, 4.69) is 143 Å². The Morgan fingerprint density at radius 3 is 1.81 bits per heavy atom. The van der Waals surface area contributed by atoms with Crippen LogP contribution in [0.4, 0.5) is 0 Å². The summed E-state index contributed by atoms with van der Waals surface area (Å²) in [5, 5.41) is 17.3. The number of para-hydroxylation sites is 2. The molecule has 0 unspecified atom stereocenters. The standard InChI is InChI=1S/C56H34N6/c57-35-36-26-30-50(47(32-36)56-59-54(39-17-5-2-6-18-39)58-55(60-56)42-21-13-20-40(33-42)37-14-3-1-4-15-37)62-48-24-11-9-22-44(48)45-29-31-51-52(53(45)62)46-23-10-12-25-49(46)61(51)43-28-27-38-16-7-8-19-41(38)34-43/h1-34H. The summed E-state index contributed by atoms with van der Waals surface area (Å²) in [6.45, 7) is 0. The quantitative estimate of drug-likeness (QED) is 0.168. The van der Waals surface area contributed by atoms with Crippen LogP contribution in [0, 0.1) is 11.3 Å². The third-order valence-corrected chi connectivity index (χ3v) is 12.0. The third-order valence-electron chi connectivity index (χ3n) is 12.0. The van der Waals surface area contributed by atoms with Crippen molar-refractivity contribution in [3.8, 4) is 62.7 Å². The minimum Gasteiger partial charge on any atom is -0.309 e. The highest BCUT2D eigenvalue weighted by atomic mass is 15.1. The molecule has 6 nitrogen and oxygen atoms in total. The van der Waals surface area contributed by atoms with Crippen molar-refractivity contribution in [2.24, 2.45) is 0 Å². The van der Waals surface area contributed by atoms with Gasteiger partial charge < -0.3 is 9.13 Å². The Morgan fingerprint density at radius 2 is 1.02 bits per heavy atom. The van der Waals surface area contributed by atoms with E-state index in [-0.39, 0.29) is 0 Å². The lowest BCUT2D eigenvalue weighted by Gasteiger charge is -2.16. The summed E-state index contributed by atoms with van der Waals surface area (Å²) < 4.78 is 4.73. The highest BCUT2D eigenvalue weighted by molar-refractivity contribution is 6.26. The molecule has 0 radical (unpaired) electrons. The average Bonchev–Trinajstić information content (AvgIpc) is 3.87. The number of hydrogen-bond acceptors (Lipinski definition) is 4. The monoisotopic (exact) mass is 790 g/mol. The van der Waals surface area contributed by atoms with Gasteiger partial charge in [0, 0.05) is 43.9 Å². The van der Waals surface area contributed by atoms with Crippen molar-refractivity contribution in [1.82, 2.24) is 24.1 Å². The summed E-state index contributed by atoms with van der Waals surface area (Å²) in [5.74, 6) is 1.57. The van der Waals surface area contributed by atoms with Crippen molar-refractivity contribution >= 4 is 54.4 Å². The molecule has 62 heavy (non-hydrogen) atoms. The number of aromatic nitrogens is 5. The number of hydrogen-bond donors (Lipinski definition) is 0. The SMILES string of the molecule is N#Cc1ccc(-n2c3ccccc3c3ccc4c(c5ccccc5n4-c4ccc5ccccc5c4)c32)c(-c2nc(-c3ccccc3)nc(-c3cccc(-c4ccccc4)c3)n2)c1. The van der Waals surface area contributed by atoms with Crippen molar-refractivity contribution < 1.29 is 0 Å². The van der Waals surface area contributed by atoms with Gasteiger partial charge in [-0.25, -0.2) is 15.0 Å². The molecule has 0 saturated heterocycles. The smallest absolute Gasteiger partial charge is 0.166 e. The molecular weight excluding hydrogens is 757 g/mol. The number of rotatable bonds is 6. The first-order valence-electron chi connectivity index (χ1n) is 20.7. The van der Waals surface area contributed by atoms with Crippen LogP contribution in [0.1, 0.15) is 5.56 Å². The number of nitriles is 1. The third kappa shape index (κ3) is 5.68. The van der Waals surface area contributed by atoms with Crippen LogP contribution in [0.3, 0.4) is 0 Å². The summed E-state index contributed by atoms with van der Waals surface area (Å²) in [4.78, 5) is 15.6. The maximum Gasteiger partial charge on any atom is 0.166 e. The van der Waals surface area contributed by atoms with E-state index in [0.717, 1.165) is 82.8 Å². The van der Waals surface area contributed by atoms with E-state index in [0.29, 0.717) is 23.0 Å². The maximum absolute atomic E-state index is 10.4. The lowest BCUT2D eigenvalue weighted by Crippen LogP contribution is -2.04. The van der Waals surface area contributed by atoms with Gasteiger partial charge in [-0.05, 0) is 76.5 Å². The fraction of sp³-hybridized carbons (Fsp3) is 0. The molecule has 3 aromatic heterocycles. The summed E-state index contributed by atoms with van der Waals surface area (Å²) in [5.41, 5.74) is 11.4. The minimum atomic E-state index is 0.475. The molecule has 0 aliphatic rings. The Kier molecular flexibility index (Phi) is 8.12. The first-order valence-corrected chi connectivity index (χ1v) is 20.7. The zero-order valence-electron chi connectivity index (χ0n) is 33.3. The van der Waals surface area contributed by atoms with Gasteiger partial charge in [-0.15, -0.1) is 0 Å². The van der Waals surface area contributed by atoms with E-state index < -0.39 is 0 Å². The molecule has 12 aromatic rings. The molecular formula is C56H34N6. The lowest BCUT2D eigenvalue weighted by molar-refractivity contribution is 1.06. The van der Waals surface area contributed by atoms with E-state index in [9.17, 15) is 5.26 Å². The maximum atomic E-state index is 10.4. The Balaban J connectivity index is 1.16. The fourth-order valence-corrected chi connectivity index (χ4v) is 9.14. The van der Waals surface area contributed by atoms with Crippen molar-refractivity contribution in [2.45, 2.75) is 0 Å². The number of nitrogens with zero attached hydrogens (tertiary/aromatic N) is 6. The van der Waals surface area contributed by atoms with Crippen molar-refractivity contribution in [2.75, 3.05) is 0 Å². The van der Waals surface area contributed by atoms with Gasteiger partial charge in [0.1, 0.15) is 0 Å². The molecule has 0 atom stereocenters. The van der Waals surface area contributed by atoms with Gasteiger partial charge in [0.05, 0.1) is 39.4 Å². The largest absolute Gasteiger partial charge is 0.309 e. The van der Waals surface area contributed by atoms with E-state index in [4.69, 9.17) is 15.0 Å². The predicted octanol–water partition coefficient (Wildman–Crippen LogP) is 13.8. The van der Waals surface area contributed by atoms with Crippen LogP contribution in [0.2, 0.25) is 0 Å². The van der Waals surface area contributed by atoms with E-state index in [1.54, 1.807) is 0 Å². The van der Waals surface area contributed by atoms with Gasteiger partial charge in [-0.2, -0.15) is 5.26 Å². The molecule has 3 heterocycles. The molecule has 0 aliphatic carbocycles. The topological polar surface area (TPSA) is 72.3 Å². The molecule has 0 aliphatic heterocycles. The van der Waals surface area contributed by atoms with Crippen molar-refractivity contribution in [1.29, 1.82) is 5.26 Å². The van der Waals surface area contributed by atoms with Gasteiger partial charge in [-0.3, -0.25) is 0 Å². The summed E-state index contributed by atoms with van der Waals surface area (Å²) in [6.07, 6.45) is 0. The van der Waals surface area contributed by atoms with E-state index >= 15 is 0 Å². The average molecular weight is 791 g/mol. The van der Waals surface area contributed by atoms with Crippen molar-refractivity contribution in [3.05, 3.63) is 212 Å². The molecule has 0 saturated carbocycles. The van der Waals surface area contributed by atoms with Gasteiger partial charge in [-0.1, -0.05) is 152 Å². The van der Waals surface area contributed by atoms with Crippen molar-refractivity contribution in [3.63, 3.8) is 0 Å². The summed E-state index contributed by atoms with van der Waals surface area (Å²) in [6, 6.07) is 73.9. The molecule has 0 N–H and O–H groups in total. The van der Waals surface area contributed by atoms with Crippen LogP contribution < -0.4 is 0 Å². The van der Waals surface area contributed by atoms with Crippen LogP contribution >= 0.6 is 0 Å². The first-order chi connectivity index (χ1) is 30.7. The second kappa shape index (κ2) is 14.3. The number of benzene rings is 9. The lowest BCUT2D eigenvalue weighted by atomic mass is 10.0. The molecule has 6 heteroatoms. The summed E-state index contributed by atoms with van der Waals surface area (Å²) in [7, 11) is 0. The zero-order valence-corrected chi connectivity index (χ0v) is 33.3. The van der Waals surface area contributed by atoms with Crippen LogP contribution in [-0.2, 0) is 0 Å². The second-order valence-corrected chi connectivity index (χ2v) is 15.6. The van der Waals surface area contributed by atoms with Gasteiger partial charge in [0.15, 0.2) is 17.5 Å². The zero-order chi connectivity index (χ0) is 41.1. The molecule has 0 fully saturated rings. The molecule has 0 spiro atoms. The van der Waals surface area contributed by atoms with Gasteiger partial charge >= 0.3 is 0 Å². The molecule has 9 aromatic carbocycles. The molecule has 12 rings (SSSR count). The van der Waals surface area contributed by atoms with Crippen LogP contribution in [-0.4, -0.2) is 24.1 Å². The Hall–Kier alpha value is -8.66. The first kappa shape index (κ1) is 35.3. The second-order valence-electron chi connectivity index (χ2n) is 15.6. The number of fused-ring (bicyclic) bond motifs is 8. The van der Waals surface area contributed by atoms with Gasteiger partial charge in [0.2, 0.25) is 0 Å². The normalized spacial score (nSPS) is 11.5. The molecule has 0 amide bonds. The van der Waals surface area contributed by atoms with Crippen LogP contribution in [0.5, 0.6) is 0 Å². The Morgan fingerprint density at radius 1 is 0.387 bits per heavy atom. The predicted molar refractivity (Wildman–Crippen MR) is 252 cm³/mol. The Bertz CT molecular complexity index is 3760. The minimum absolute atomic E-state index is 0.475. The van der Waals surface area contributed by atoms with E-state index in [1.807, 2.05) is 78.9 Å². The highest BCUT2D eigenvalue weighted by Gasteiger charge is 2.24. The summed E-state index contributed by atoms with van der Waals surface area (Å²) >= 11 is 0. The molecule has 0 bridgehead atoms. The Labute approximate surface area is 356 Å². The van der Waals surface area contributed by atoms with Crippen LogP contribution in [0.25, 0.3) is 111 Å². The van der Waals surface area contributed by atoms with E-state index in [1.165, 1.54) is 10.8 Å². The molecule has 288 valence electrons. The highest BCUT2D eigenvalue weighted by Crippen LogP contribution is 2.44.